The van der Waals surface area contributed by atoms with Crippen LogP contribution in [0.3, 0.4) is 0 Å². The van der Waals surface area contributed by atoms with Gasteiger partial charge in [0.15, 0.2) is 9.84 Å². The summed E-state index contributed by atoms with van der Waals surface area (Å²) in [7, 11) is -2.98. The largest absolute Gasteiger partial charge is 0.247 e. The van der Waals surface area contributed by atoms with Gasteiger partial charge in [-0.3, -0.25) is 0 Å². The molecule has 0 amide bonds. The van der Waals surface area contributed by atoms with E-state index in [-0.39, 0.29) is 17.4 Å². The lowest BCUT2D eigenvalue weighted by atomic mass is 10.0. The maximum absolute atomic E-state index is 11.6. The van der Waals surface area contributed by atoms with Crippen LogP contribution in [0.25, 0.3) is 0 Å². The molecular formula is C10H14Cl2N2O2S. The summed E-state index contributed by atoms with van der Waals surface area (Å²) in [6, 6.07) is 0. The van der Waals surface area contributed by atoms with Gasteiger partial charge in [0.1, 0.15) is 5.15 Å². The van der Waals surface area contributed by atoms with Crippen LogP contribution in [-0.4, -0.2) is 29.7 Å². The number of hydrogen-bond donors (Lipinski definition) is 0. The highest BCUT2D eigenvalue weighted by atomic mass is 35.5. The number of sulfone groups is 1. The molecule has 2 rings (SSSR count). The summed E-state index contributed by atoms with van der Waals surface area (Å²) in [5.74, 6) is 0.561. The van der Waals surface area contributed by atoms with Crippen molar-refractivity contribution in [1.82, 2.24) is 9.78 Å². The molecule has 2 heterocycles. The first-order chi connectivity index (χ1) is 7.79. The quantitative estimate of drug-likeness (QED) is 0.786. The number of aromatic nitrogens is 2. The summed E-state index contributed by atoms with van der Waals surface area (Å²) < 4.78 is 24.8. The molecule has 1 aliphatic rings. The lowest BCUT2D eigenvalue weighted by molar-refractivity contribution is 0.328. The summed E-state index contributed by atoms with van der Waals surface area (Å²) >= 11 is 12.0. The van der Waals surface area contributed by atoms with Crippen LogP contribution in [0.1, 0.15) is 24.6 Å². The van der Waals surface area contributed by atoms with Gasteiger partial charge in [0.05, 0.1) is 28.6 Å². The molecule has 0 spiro atoms. The average molecular weight is 297 g/mol. The van der Waals surface area contributed by atoms with Gasteiger partial charge in [-0.15, -0.1) is 11.6 Å². The molecule has 1 aliphatic heterocycles. The molecule has 17 heavy (non-hydrogen) atoms. The van der Waals surface area contributed by atoms with Gasteiger partial charge >= 0.3 is 0 Å². The number of aryl methyl sites for hydroxylation is 1. The smallest absolute Gasteiger partial charge is 0.152 e. The Morgan fingerprint density at radius 3 is 2.59 bits per heavy atom. The van der Waals surface area contributed by atoms with Crippen LogP contribution in [0, 0.1) is 6.92 Å². The van der Waals surface area contributed by atoms with Crippen LogP contribution in [0.15, 0.2) is 0 Å². The van der Waals surface area contributed by atoms with Gasteiger partial charge in [-0.05, 0) is 20.3 Å². The summed E-state index contributed by atoms with van der Waals surface area (Å²) in [5.41, 5.74) is 0.986. The normalized spacial score (nSPS) is 27.5. The Kier molecular flexibility index (Phi) is 3.21. The van der Waals surface area contributed by atoms with Crippen molar-refractivity contribution < 1.29 is 8.42 Å². The fourth-order valence-electron chi connectivity index (χ4n) is 2.20. The SMILES string of the molecule is Cc1nn(C2(C)CCS(=O)(=O)C2)c(Cl)c1CCl. The first-order valence-electron chi connectivity index (χ1n) is 5.30. The molecule has 0 bridgehead atoms. The van der Waals surface area contributed by atoms with E-state index in [9.17, 15) is 8.42 Å². The second kappa shape index (κ2) is 4.14. The molecule has 96 valence electrons. The fourth-order valence-corrected chi connectivity index (χ4v) is 5.14. The van der Waals surface area contributed by atoms with Gasteiger partial charge in [0, 0.05) is 5.56 Å². The molecule has 1 aromatic rings. The zero-order valence-corrected chi connectivity index (χ0v) is 12.0. The first-order valence-corrected chi connectivity index (χ1v) is 8.03. The molecule has 0 aliphatic carbocycles. The van der Waals surface area contributed by atoms with E-state index in [4.69, 9.17) is 23.2 Å². The van der Waals surface area contributed by atoms with E-state index >= 15 is 0 Å². The molecule has 1 atom stereocenters. The zero-order chi connectivity index (χ0) is 12.8. The van der Waals surface area contributed by atoms with E-state index in [1.54, 1.807) is 4.68 Å². The Balaban J connectivity index is 2.48. The molecule has 7 heteroatoms. The summed E-state index contributed by atoms with van der Waals surface area (Å²) in [5, 5.41) is 4.79. The predicted octanol–water partition coefficient (Wildman–Crippen LogP) is 2.12. The van der Waals surface area contributed by atoms with Gasteiger partial charge in [-0.2, -0.15) is 5.10 Å². The minimum absolute atomic E-state index is 0.0859. The summed E-state index contributed by atoms with van der Waals surface area (Å²) in [6.45, 7) is 3.70. The van der Waals surface area contributed by atoms with E-state index in [1.807, 2.05) is 13.8 Å². The van der Waals surface area contributed by atoms with Crippen LogP contribution in [-0.2, 0) is 21.3 Å². The average Bonchev–Trinajstić information content (AvgIpc) is 2.66. The van der Waals surface area contributed by atoms with Crippen molar-refractivity contribution in [1.29, 1.82) is 0 Å². The van der Waals surface area contributed by atoms with E-state index < -0.39 is 15.4 Å². The highest BCUT2D eigenvalue weighted by Gasteiger charge is 2.42. The molecule has 4 nitrogen and oxygen atoms in total. The number of nitrogens with zero attached hydrogens (tertiary/aromatic N) is 2. The monoisotopic (exact) mass is 296 g/mol. The molecule has 0 saturated carbocycles. The number of rotatable bonds is 2. The maximum atomic E-state index is 11.6. The molecule has 1 fully saturated rings. The number of alkyl halides is 1. The van der Waals surface area contributed by atoms with Gasteiger partial charge in [0.2, 0.25) is 0 Å². The molecule has 1 saturated heterocycles. The Hall–Kier alpha value is -0.260. The topological polar surface area (TPSA) is 52.0 Å². The van der Waals surface area contributed by atoms with Crippen LogP contribution >= 0.6 is 23.2 Å². The standard InChI is InChI=1S/C10H14Cl2N2O2S/c1-7-8(5-11)9(12)14(13-7)10(2)3-4-17(15,16)6-10/h3-6H2,1-2H3. The van der Waals surface area contributed by atoms with Crippen molar-refractivity contribution >= 4 is 33.0 Å². The van der Waals surface area contributed by atoms with E-state index in [0.717, 1.165) is 11.3 Å². The van der Waals surface area contributed by atoms with Crippen LogP contribution in [0.4, 0.5) is 0 Å². The maximum Gasteiger partial charge on any atom is 0.152 e. The Labute approximate surface area is 111 Å². The van der Waals surface area contributed by atoms with E-state index in [0.29, 0.717) is 11.6 Å². The van der Waals surface area contributed by atoms with Gasteiger partial charge < -0.3 is 0 Å². The lowest BCUT2D eigenvalue weighted by Crippen LogP contribution is -2.32. The predicted molar refractivity (Wildman–Crippen MR) is 68.4 cm³/mol. The molecule has 0 radical (unpaired) electrons. The third kappa shape index (κ3) is 2.20. The second-order valence-electron chi connectivity index (χ2n) is 4.74. The van der Waals surface area contributed by atoms with Gasteiger partial charge in [0.25, 0.3) is 0 Å². The Morgan fingerprint density at radius 1 is 1.53 bits per heavy atom. The molecule has 0 N–H and O–H groups in total. The minimum Gasteiger partial charge on any atom is -0.247 e. The highest BCUT2D eigenvalue weighted by molar-refractivity contribution is 7.91. The van der Waals surface area contributed by atoms with Crippen molar-refractivity contribution in [2.45, 2.75) is 31.7 Å². The van der Waals surface area contributed by atoms with Gasteiger partial charge in [-0.25, -0.2) is 13.1 Å². The van der Waals surface area contributed by atoms with Crippen molar-refractivity contribution in [3.8, 4) is 0 Å². The number of halogens is 2. The molecular weight excluding hydrogens is 283 g/mol. The first kappa shape index (κ1) is 13.2. The van der Waals surface area contributed by atoms with Crippen LogP contribution < -0.4 is 0 Å². The summed E-state index contributed by atoms with van der Waals surface area (Å²) in [6.07, 6.45) is 0.540. The minimum atomic E-state index is -2.98. The van der Waals surface area contributed by atoms with E-state index in [1.165, 1.54) is 0 Å². The number of hydrogen-bond acceptors (Lipinski definition) is 3. The molecule has 0 aromatic carbocycles. The summed E-state index contributed by atoms with van der Waals surface area (Å²) in [4.78, 5) is 0. The molecule has 1 unspecified atom stereocenters. The fraction of sp³-hybridized carbons (Fsp3) is 0.700. The van der Waals surface area contributed by atoms with Crippen molar-refractivity contribution in [3.05, 3.63) is 16.4 Å². The van der Waals surface area contributed by atoms with Crippen LogP contribution in [0.5, 0.6) is 0 Å². The second-order valence-corrected chi connectivity index (χ2v) is 7.55. The van der Waals surface area contributed by atoms with Gasteiger partial charge in [-0.1, -0.05) is 11.6 Å². The van der Waals surface area contributed by atoms with Crippen molar-refractivity contribution in [3.63, 3.8) is 0 Å². The Bertz CT molecular complexity index is 553. The Morgan fingerprint density at radius 2 is 2.18 bits per heavy atom. The van der Waals surface area contributed by atoms with E-state index in [2.05, 4.69) is 5.10 Å². The zero-order valence-electron chi connectivity index (χ0n) is 9.70. The third-order valence-corrected chi connectivity index (χ3v) is 5.79. The highest BCUT2D eigenvalue weighted by Crippen LogP contribution is 2.35. The lowest BCUT2D eigenvalue weighted by Gasteiger charge is -2.23. The third-order valence-electron chi connectivity index (χ3n) is 3.25. The van der Waals surface area contributed by atoms with Crippen molar-refractivity contribution in [2.75, 3.05) is 11.5 Å². The van der Waals surface area contributed by atoms with Crippen molar-refractivity contribution in [2.24, 2.45) is 0 Å². The molecule has 1 aromatic heterocycles. The van der Waals surface area contributed by atoms with Crippen LogP contribution in [0.2, 0.25) is 5.15 Å².